The fourth-order valence-electron chi connectivity index (χ4n) is 7.08. The minimum Gasteiger partial charge on any atom is -0.276 e. The van der Waals surface area contributed by atoms with E-state index in [0.29, 0.717) is 0 Å². The Kier molecular flexibility index (Phi) is 5.57. The molecular weight excluding hydrogens is 571 g/mol. The molecule has 0 fully saturated rings. The molecule has 2 heterocycles. The van der Waals surface area contributed by atoms with Crippen LogP contribution in [0.2, 0.25) is 0 Å². The molecule has 3 heteroatoms. The number of para-hydroxylation sites is 3. The second-order valence-corrected chi connectivity index (χ2v) is 12.3. The standard InChI is InChI=1S/C44H27N3/c1-2-8-29-23-30(14-13-28(29)7-1)31-15-16-33-25-34(18-17-32(33)24-31)35-19-20-37-27-38(22-21-36(37)26-35)43-45-40-10-4-3-9-39(40)44-46-41-11-5-6-12-42(41)47(43)44/h1-27H. The van der Waals surface area contributed by atoms with Crippen LogP contribution in [0, 0.1) is 0 Å². The normalized spacial score (nSPS) is 11.8. The zero-order valence-electron chi connectivity index (χ0n) is 25.4. The van der Waals surface area contributed by atoms with Crippen molar-refractivity contribution in [2.75, 3.05) is 0 Å². The Balaban J connectivity index is 1.03. The highest BCUT2D eigenvalue weighted by molar-refractivity contribution is 6.00. The van der Waals surface area contributed by atoms with E-state index in [-0.39, 0.29) is 0 Å². The van der Waals surface area contributed by atoms with Crippen molar-refractivity contribution in [1.82, 2.24) is 14.4 Å². The molecule has 0 radical (unpaired) electrons. The van der Waals surface area contributed by atoms with Crippen LogP contribution in [-0.4, -0.2) is 14.4 Å². The molecule has 10 aromatic rings. The molecule has 0 spiro atoms. The lowest BCUT2D eigenvalue weighted by molar-refractivity contribution is 1.16. The van der Waals surface area contributed by atoms with E-state index in [1.807, 2.05) is 12.1 Å². The molecule has 0 N–H and O–H groups in total. The van der Waals surface area contributed by atoms with Crippen LogP contribution < -0.4 is 0 Å². The zero-order chi connectivity index (χ0) is 30.9. The number of fused-ring (bicyclic) bond motifs is 8. The monoisotopic (exact) mass is 597 g/mol. The van der Waals surface area contributed by atoms with Crippen molar-refractivity contribution in [3.05, 3.63) is 164 Å². The molecule has 0 atom stereocenters. The lowest BCUT2D eigenvalue weighted by atomic mass is 9.95. The number of imidazole rings is 1. The van der Waals surface area contributed by atoms with Crippen LogP contribution in [0.4, 0.5) is 0 Å². The van der Waals surface area contributed by atoms with Crippen LogP contribution in [0.3, 0.4) is 0 Å². The summed E-state index contributed by atoms with van der Waals surface area (Å²) in [4.78, 5) is 10.2. The van der Waals surface area contributed by atoms with Gasteiger partial charge >= 0.3 is 0 Å². The third-order valence-electron chi connectivity index (χ3n) is 9.50. The van der Waals surface area contributed by atoms with Crippen molar-refractivity contribution < 1.29 is 0 Å². The van der Waals surface area contributed by atoms with Crippen LogP contribution in [0.15, 0.2) is 164 Å². The topological polar surface area (TPSA) is 30.2 Å². The summed E-state index contributed by atoms with van der Waals surface area (Å²) in [5.74, 6) is 0.899. The maximum absolute atomic E-state index is 5.16. The maximum atomic E-state index is 5.16. The van der Waals surface area contributed by atoms with Crippen molar-refractivity contribution in [2.24, 2.45) is 0 Å². The van der Waals surface area contributed by atoms with E-state index in [9.17, 15) is 0 Å². The summed E-state index contributed by atoms with van der Waals surface area (Å²) in [7, 11) is 0. The summed E-state index contributed by atoms with van der Waals surface area (Å²) >= 11 is 0. The SMILES string of the molecule is c1ccc2cc(-c3ccc4cc(-c5ccc6cc(-c7nc8ccccc8c8nc9ccccc9n78)ccc6c5)ccc4c3)ccc2c1. The quantitative estimate of drug-likeness (QED) is 0.203. The van der Waals surface area contributed by atoms with E-state index in [1.165, 1.54) is 54.6 Å². The predicted octanol–water partition coefficient (Wildman–Crippen LogP) is 11.5. The Hall–Kier alpha value is -6.32. The van der Waals surface area contributed by atoms with Gasteiger partial charge in [0.25, 0.3) is 0 Å². The molecule has 0 saturated heterocycles. The van der Waals surface area contributed by atoms with Crippen LogP contribution in [0.1, 0.15) is 0 Å². The van der Waals surface area contributed by atoms with Crippen molar-refractivity contribution in [2.45, 2.75) is 0 Å². The Morgan fingerprint density at radius 2 is 0.787 bits per heavy atom. The molecule has 0 aliphatic heterocycles. The van der Waals surface area contributed by atoms with Gasteiger partial charge in [0.05, 0.1) is 16.6 Å². The van der Waals surface area contributed by atoms with Crippen LogP contribution in [0.25, 0.3) is 93.5 Å². The minimum atomic E-state index is 0.899. The second-order valence-electron chi connectivity index (χ2n) is 12.3. The van der Waals surface area contributed by atoms with Gasteiger partial charge in [-0.1, -0.05) is 109 Å². The number of hydrogen-bond donors (Lipinski definition) is 0. The molecule has 0 amide bonds. The first kappa shape index (κ1) is 26.0. The second kappa shape index (κ2) is 10.1. The van der Waals surface area contributed by atoms with Gasteiger partial charge in [0, 0.05) is 10.9 Å². The van der Waals surface area contributed by atoms with Crippen molar-refractivity contribution in [3.63, 3.8) is 0 Å². The van der Waals surface area contributed by atoms with E-state index >= 15 is 0 Å². The van der Waals surface area contributed by atoms with Crippen molar-refractivity contribution >= 4 is 59.9 Å². The predicted molar refractivity (Wildman–Crippen MR) is 197 cm³/mol. The Labute approximate surface area is 271 Å². The molecule has 3 nitrogen and oxygen atoms in total. The van der Waals surface area contributed by atoms with Crippen LogP contribution in [0.5, 0.6) is 0 Å². The van der Waals surface area contributed by atoms with E-state index in [0.717, 1.165) is 39.0 Å². The highest BCUT2D eigenvalue weighted by atomic mass is 15.1. The lowest BCUT2D eigenvalue weighted by Gasteiger charge is -2.11. The summed E-state index contributed by atoms with van der Waals surface area (Å²) in [5, 5.41) is 8.44. The van der Waals surface area contributed by atoms with Crippen molar-refractivity contribution in [1.29, 1.82) is 0 Å². The lowest BCUT2D eigenvalue weighted by Crippen LogP contribution is -1.98. The highest BCUT2D eigenvalue weighted by Crippen LogP contribution is 2.34. The Bertz CT molecular complexity index is 2860. The highest BCUT2D eigenvalue weighted by Gasteiger charge is 2.15. The zero-order valence-corrected chi connectivity index (χ0v) is 25.4. The van der Waals surface area contributed by atoms with Crippen molar-refractivity contribution in [3.8, 4) is 33.6 Å². The number of benzene rings is 8. The summed E-state index contributed by atoms with van der Waals surface area (Å²) in [6.07, 6.45) is 0. The molecule has 47 heavy (non-hydrogen) atoms. The van der Waals surface area contributed by atoms with Gasteiger partial charge in [0.1, 0.15) is 11.5 Å². The molecule has 2 aromatic heterocycles. The van der Waals surface area contributed by atoms with E-state index in [1.54, 1.807) is 0 Å². The molecule has 8 aromatic carbocycles. The summed E-state index contributed by atoms with van der Waals surface area (Å²) < 4.78 is 2.20. The fraction of sp³-hybridized carbons (Fsp3) is 0. The number of hydrogen-bond acceptors (Lipinski definition) is 2. The van der Waals surface area contributed by atoms with E-state index < -0.39 is 0 Å². The van der Waals surface area contributed by atoms with Gasteiger partial charge in [-0.25, -0.2) is 9.97 Å². The van der Waals surface area contributed by atoms with Gasteiger partial charge < -0.3 is 0 Å². The first-order valence-corrected chi connectivity index (χ1v) is 16.0. The fourth-order valence-corrected chi connectivity index (χ4v) is 7.08. The number of nitrogens with zero attached hydrogens (tertiary/aromatic N) is 3. The average Bonchev–Trinajstić information content (AvgIpc) is 3.53. The molecule has 0 aliphatic rings. The first-order chi connectivity index (χ1) is 23.2. The van der Waals surface area contributed by atoms with Gasteiger partial charge in [0.2, 0.25) is 0 Å². The van der Waals surface area contributed by atoms with Gasteiger partial charge in [-0.05, 0) is 109 Å². The molecule has 10 rings (SSSR count). The Morgan fingerprint density at radius 3 is 1.43 bits per heavy atom. The van der Waals surface area contributed by atoms with Crippen LogP contribution in [-0.2, 0) is 0 Å². The third kappa shape index (κ3) is 4.21. The Morgan fingerprint density at radius 1 is 0.340 bits per heavy atom. The van der Waals surface area contributed by atoms with Crippen LogP contribution >= 0.6 is 0 Å². The maximum Gasteiger partial charge on any atom is 0.149 e. The third-order valence-corrected chi connectivity index (χ3v) is 9.50. The molecule has 0 saturated carbocycles. The minimum absolute atomic E-state index is 0.899. The van der Waals surface area contributed by atoms with E-state index in [4.69, 9.17) is 9.97 Å². The van der Waals surface area contributed by atoms with Gasteiger partial charge in [-0.15, -0.1) is 0 Å². The van der Waals surface area contributed by atoms with Gasteiger partial charge in [-0.2, -0.15) is 0 Å². The smallest absolute Gasteiger partial charge is 0.149 e. The number of rotatable bonds is 3. The largest absolute Gasteiger partial charge is 0.276 e. The molecule has 0 aliphatic carbocycles. The van der Waals surface area contributed by atoms with E-state index in [2.05, 4.69) is 156 Å². The van der Waals surface area contributed by atoms with Gasteiger partial charge in [-0.3, -0.25) is 4.40 Å². The first-order valence-electron chi connectivity index (χ1n) is 16.0. The summed E-state index contributed by atoms with van der Waals surface area (Å²) in [6.45, 7) is 0. The average molecular weight is 598 g/mol. The summed E-state index contributed by atoms with van der Waals surface area (Å²) in [5.41, 5.74) is 9.87. The number of aromatic nitrogens is 3. The molecular formula is C44H27N3. The molecule has 0 unspecified atom stereocenters. The molecule has 0 bridgehead atoms. The van der Waals surface area contributed by atoms with Gasteiger partial charge in [0.15, 0.2) is 0 Å². The summed E-state index contributed by atoms with van der Waals surface area (Å²) in [6, 6.07) is 58.7. The molecule has 218 valence electrons.